The van der Waals surface area contributed by atoms with Crippen molar-refractivity contribution in [3.05, 3.63) is 0 Å². The average molecular weight is 189 g/mol. The number of carbonyl (C=O) groups is 1. The van der Waals surface area contributed by atoms with Crippen molar-refractivity contribution in [2.24, 2.45) is 5.92 Å². The summed E-state index contributed by atoms with van der Waals surface area (Å²) >= 11 is 0. The molecule has 2 nitrogen and oxygen atoms in total. The van der Waals surface area contributed by atoms with E-state index in [4.69, 9.17) is 0 Å². The highest BCUT2D eigenvalue weighted by atomic mass is 16.1. The van der Waals surface area contributed by atoms with Gasteiger partial charge in [-0.3, -0.25) is 4.79 Å². The first-order valence-electron chi connectivity index (χ1n) is 5.12. The lowest BCUT2D eigenvalue weighted by molar-refractivity contribution is -0.123. The van der Waals surface area contributed by atoms with Crippen molar-refractivity contribution in [3.8, 4) is 0 Å². The van der Waals surface area contributed by atoms with Gasteiger partial charge < -0.3 is 5.32 Å². The zero-order chi connectivity index (χ0) is 11.1. The van der Waals surface area contributed by atoms with Crippen LogP contribution in [0.2, 0.25) is 0 Å². The Hall–Kier alpha value is -0.370. The van der Waals surface area contributed by atoms with E-state index in [2.05, 4.69) is 19.2 Å². The molecule has 0 aromatic rings. The number of hydrogen-bond acceptors (Lipinski definition) is 2. The van der Waals surface area contributed by atoms with Gasteiger partial charge in [0.2, 0.25) is 0 Å². The first-order chi connectivity index (χ1) is 5.92. The molecule has 0 heterocycles. The molecular formula is C11H27NO. The largest absolute Gasteiger partial charge is 0.308 e. The van der Waals surface area contributed by atoms with Crippen LogP contribution in [0.25, 0.3) is 0 Å². The summed E-state index contributed by atoms with van der Waals surface area (Å²) in [4.78, 5) is 11.2. The van der Waals surface area contributed by atoms with Crippen molar-refractivity contribution in [2.75, 3.05) is 7.05 Å². The number of nitrogens with one attached hydrogen (secondary N) is 1. The predicted molar refractivity (Wildman–Crippen MR) is 61.1 cm³/mol. The van der Waals surface area contributed by atoms with Crippen LogP contribution >= 0.6 is 0 Å². The molecule has 0 aromatic carbocycles. The lowest BCUT2D eigenvalue weighted by Crippen LogP contribution is -2.47. The third-order valence-corrected chi connectivity index (χ3v) is 2.15. The molecule has 0 saturated carbocycles. The van der Waals surface area contributed by atoms with E-state index in [1.807, 2.05) is 27.8 Å². The van der Waals surface area contributed by atoms with E-state index in [1.54, 1.807) is 6.92 Å². The van der Waals surface area contributed by atoms with Crippen molar-refractivity contribution in [1.82, 2.24) is 5.32 Å². The Morgan fingerprint density at radius 3 is 1.92 bits per heavy atom. The van der Waals surface area contributed by atoms with Gasteiger partial charge in [-0.05, 0) is 33.2 Å². The predicted octanol–water partition coefficient (Wildman–Crippen LogP) is 2.87. The quantitative estimate of drug-likeness (QED) is 0.737. The lowest BCUT2D eigenvalue weighted by Gasteiger charge is -2.27. The second-order valence-corrected chi connectivity index (χ2v) is 3.74. The summed E-state index contributed by atoms with van der Waals surface area (Å²) in [5, 5.41) is 3.06. The Morgan fingerprint density at radius 2 is 1.85 bits per heavy atom. The Bertz CT molecular complexity index is 148. The highest BCUT2D eigenvalue weighted by Gasteiger charge is 2.27. The van der Waals surface area contributed by atoms with Crippen molar-refractivity contribution in [1.29, 1.82) is 0 Å². The van der Waals surface area contributed by atoms with Crippen molar-refractivity contribution >= 4 is 5.78 Å². The van der Waals surface area contributed by atoms with Crippen molar-refractivity contribution in [3.63, 3.8) is 0 Å². The summed E-state index contributed by atoms with van der Waals surface area (Å²) in [7, 11) is 1.84. The normalized spacial score (nSPS) is 14.5. The molecule has 0 fully saturated rings. The molecule has 1 atom stereocenters. The molecular weight excluding hydrogens is 162 g/mol. The maximum atomic E-state index is 11.2. The highest BCUT2D eigenvalue weighted by molar-refractivity contribution is 5.85. The van der Waals surface area contributed by atoms with Gasteiger partial charge in [0.25, 0.3) is 0 Å². The average Bonchev–Trinajstić information content (AvgIpc) is 2.06. The van der Waals surface area contributed by atoms with Crippen LogP contribution < -0.4 is 5.32 Å². The molecule has 0 aliphatic carbocycles. The molecule has 0 spiro atoms. The number of likely N-dealkylation sites (N-methyl/N-ethyl adjacent to an activating group) is 1. The minimum Gasteiger partial charge on any atom is -0.308 e. The van der Waals surface area contributed by atoms with Gasteiger partial charge in [0.15, 0.2) is 0 Å². The molecule has 0 bridgehead atoms. The Labute approximate surface area is 84.6 Å². The molecule has 0 amide bonds. The van der Waals surface area contributed by atoms with E-state index in [1.165, 1.54) is 0 Å². The highest BCUT2D eigenvalue weighted by Crippen LogP contribution is 2.16. The summed E-state index contributed by atoms with van der Waals surface area (Å²) in [6.07, 6.45) is 0.902. The van der Waals surface area contributed by atoms with Crippen molar-refractivity contribution < 1.29 is 6.22 Å². The fourth-order valence-electron chi connectivity index (χ4n) is 1.24. The van der Waals surface area contributed by atoms with Gasteiger partial charge in [-0.25, -0.2) is 0 Å². The zero-order valence-corrected chi connectivity index (χ0v) is 10.2. The molecule has 0 unspecified atom stereocenters. The molecule has 0 saturated heterocycles. The van der Waals surface area contributed by atoms with E-state index in [0.717, 1.165) is 6.42 Å². The van der Waals surface area contributed by atoms with E-state index < -0.39 is 0 Å². The van der Waals surface area contributed by atoms with Gasteiger partial charge in [-0.1, -0.05) is 27.7 Å². The topological polar surface area (TPSA) is 29.1 Å². The molecule has 2 heteroatoms. The van der Waals surface area contributed by atoms with Crippen molar-refractivity contribution in [2.45, 2.75) is 53.5 Å². The number of hydrogen-bond donors (Lipinski definition) is 1. The van der Waals surface area contributed by atoms with Crippen LogP contribution in [0.5, 0.6) is 0 Å². The Morgan fingerprint density at radius 1 is 1.46 bits per heavy atom. The SMILES string of the molecule is CC.CN[C@@](C)(CC(C)C)C(C)=O.[HH]. The second kappa shape index (κ2) is 7.07. The van der Waals surface area contributed by atoms with Crippen LogP contribution in [0.1, 0.15) is 49.4 Å². The summed E-state index contributed by atoms with van der Waals surface area (Å²) in [5.74, 6) is 0.769. The number of rotatable bonds is 4. The van der Waals surface area contributed by atoms with Gasteiger partial charge in [-0.15, -0.1) is 0 Å². The second-order valence-electron chi connectivity index (χ2n) is 3.74. The van der Waals surface area contributed by atoms with E-state index in [9.17, 15) is 4.79 Å². The molecule has 0 rings (SSSR count). The molecule has 1 N–H and O–H groups in total. The molecule has 0 aliphatic heterocycles. The van der Waals surface area contributed by atoms with Crippen LogP contribution in [0, 0.1) is 5.92 Å². The zero-order valence-electron chi connectivity index (χ0n) is 10.2. The number of Topliss-reactive ketones (excluding diaryl/α,β-unsaturated/α-hetero) is 1. The summed E-state index contributed by atoms with van der Waals surface area (Å²) < 4.78 is 0. The standard InChI is InChI=1S/C9H19NO.C2H6.H2/c1-7(2)6-9(4,10-5)8(3)11;1-2;/h7,10H,6H2,1-5H3;1-2H3;1H/t9-;;/m0../s1. The minimum absolute atomic E-state index is 0. The Balaban J connectivity index is -0.000000376. The first-order valence-corrected chi connectivity index (χ1v) is 5.12. The number of ketones is 1. The Kier molecular flexibility index (Phi) is 8.23. The van der Waals surface area contributed by atoms with Crippen LogP contribution in [0.4, 0.5) is 0 Å². The number of carbonyl (C=O) groups excluding carboxylic acids is 1. The third-order valence-electron chi connectivity index (χ3n) is 2.15. The maximum absolute atomic E-state index is 11.2. The molecule has 82 valence electrons. The fraction of sp³-hybridized carbons (Fsp3) is 0.909. The van der Waals surface area contributed by atoms with Crippen LogP contribution in [0.3, 0.4) is 0 Å². The smallest absolute Gasteiger partial charge is 0.149 e. The summed E-state index contributed by atoms with van der Waals surface area (Å²) in [5.41, 5.74) is -0.325. The molecule has 0 aromatic heterocycles. The van der Waals surface area contributed by atoms with Gasteiger partial charge in [-0.2, -0.15) is 0 Å². The van der Waals surface area contributed by atoms with Crippen LogP contribution in [-0.2, 0) is 4.79 Å². The van der Waals surface area contributed by atoms with E-state index >= 15 is 0 Å². The maximum Gasteiger partial charge on any atom is 0.149 e. The van der Waals surface area contributed by atoms with E-state index in [-0.39, 0.29) is 12.7 Å². The summed E-state index contributed by atoms with van der Waals surface area (Å²) in [6, 6.07) is 0. The van der Waals surface area contributed by atoms with Gasteiger partial charge >= 0.3 is 0 Å². The van der Waals surface area contributed by atoms with Crippen LogP contribution in [-0.4, -0.2) is 18.4 Å². The van der Waals surface area contributed by atoms with Gasteiger partial charge in [0.1, 0.15) is 5.78 Å². The first kappa shape index (κ1) is 15.1. The molecule has 13 heavy (non-hydrogen) atoms. The minimum atomic E-state index is -0.325. The van der Waals surface area contributed by atoms with Crippen LogP contribution in [0.15, 0.2) is 0 Å². The molecule has 0 radical (unpaired) electrons. The van der Waals surface area contributed by atoms with Gasteiger partial charge in [0, 0.05) is 1.43 Å². The lowest BCUT2D eigenvalue weighted by atomic mass is 9.88. The van der Waals surface area contributed by atoms with E-state index in [0.29, 0.717) is 5.92 Å². The van der Waals surface area contributed by atoms with Gasteiger partial charge in [0.05, 0.1) is 5.54 Å². The monoisotopic (exact) mass is 189 g/mol. The third kappa shape index (κ3) is 5.81. The molecule has 0 aliphatic rings. The fourth-order valence-corrected chi connectivity index (χ4v) is 1.24. The summed E-state index contributed by atoms with van der Waals surface area (Å²) in [6.45, 7) is 11.8.